The minimum Gasteiger partial charge on any atom is -0.319 e. The quantitative estimate of drug-likeness (QED) is 0.927. The van der Waals surface area contributed by atoms with Crippen molar-refractivity contribution in [2.24, 2.45) is 17.8 Å². The van der Waals surface area contributed by atoms with Gasteiger partial charge in [-0.1, -0.05) is 18.2 Å². The molecule has 2 atom stereocenters. The molecule has 1 aromatic heterocycles. The fraction of sp³-hybridized carbons (Fsp3) is 0.526. The summed E-state index contributed by atoms with van der Waals surface area (Å²) < 4.78 is 2.04. The number of likely N-dealkylation sites (tertiary alicyclic amines) is 1. The molecule has 1 saturated heterocycles. The van der Waals surface area contributed by atoms with Crippen LogP contribution < -0.4 is 5.32 Å². The smallest absolute Gasteiger partial charge is 0.293 e. The number of fused-ring (bicyclic) bond motifs is 2. The Balaban J connectivity index is 1.31. The molecule has 25 heavy (non-hydrogen) atoms. The fourth-order valence-electron chi connectivity index (χ4n) is 4.31. The van der Waals surface area contributed by atoms with Crippen LogP contribution in [0.25, 0.3) is 0 Å². The van der Waals surface area contributed by atoms with Crippen LogP contribution in [0.5, 0.6) is 0 Å². The Morgan fingerprint density at radius 2 is 1.88 bits per heavy atom. The summed E-state index contributed by atoms with van der Waals surface area (Å²) in [6.07, 6.45) is 3.75. The molecule has 6 heteroatoms. The topological polar surface area (TPSA) is 63.1 Å². The number of amides is 1. The number of nitrogens with zero attached hydrogens (tertiary/aromatic N) is 4. The molecule has 5 rings (SSSR count). The normalized spacial score (nSPS) is 25.4. The molecule has 3 aliphatic rings. The van der Waals surface area contributed by atoms with Crippen molar-refractivity contribution in [2.45, 2.75) is 25.8 Å². The highest BCUT2D eigenvalue weighted by atomic mass is 16.2. The van der Waals surface area contributed by atoms with Gasteiger partial charge in [0.2, 0.25) is 5.82 Å². The van der Waals surface area contributed by atoms with Crippen molar-refractivity contribution in [3.05, 3.63) is 42.0 Å². The molecule has 1 saturated carbocycles. The number of benzene rings is 1. The maximum Gasteiger partial charge on any atom is 0.293 e. The third kappa shape index (κ3) is 2.95. The molecule has 0 bridgehead atoms. The number of hydrogen-bond donors (Lipinski definition) is 1. The van der Waals surface area contributed by atoms with Gasteiger partial charge >= 0.3 is 0 Å². The average molecular weight is 337 g/mol. The summed E-state index contributed by atoms with van der Waals surface area (Å²) in [5.74, 6) is 3.46. The van der Waals surface area contributed by atoms with Gasteiger partial charge in [0.1, 0.15) is 5.82 Å². The van der Waals surface area contributed by atoms with Crippen molar-refractivity contribution in [1.82, 2.24) is 19.7 Å². The van der Waals surface area contributed by atoms with E-state index in [2.05, 4.69) is 20.4 Å². The monoisotopic (exact) mass is 337 g/mol. The Hall–Kier alpha value is -2.21. The maximum absolute atomic E-state index is 12.6. The van der Waals surface area contributed by atoms with E-state index in [0.29, 0.717) is 17.7 Å². The molecule has 2 aliphatic heterocycles. The molecular formula is C19H23N5O. The minimum absolute atomic E-state index is 0.170. The SMILES string of the molecule is O=C(Nc1ccccc1)c1nnc2n1C[C@@H]1CN(CC3CC3)C[C@H]1C2. The molecule has 1 aromatic carbocycles. The van der Waals surface area contributed by atoms with Crippen LogP contribution >= 0.6 is 0 Å². The number of para-hydroxylation sites is 1. The Morgan fingerprint density at radius 1 is 1.08 bits per heavy atom. The lowest BCUT2D eigenvalue weighted by atomic mass is 9.89. The maximum atomic E-state index is 12.6. The van der Waals surface area contributed by atoms with E-state index in [1.165, 1.54) is 25.9 Å². The summed E-state index contributed by atoms with van der Waals surface area (Å²) in [5.41, 5.74) is 0.787. The number of carbonyl (C=O) groups is 1. The second kappa shape index (κ2) is 5.95. The van der Waals surface area contributed by atoms with E-state index < -0.39 is 0 Å². The zero-order chi connectivity index (χ0) is 16.8. The van der Waals surface area contributed by atoms with Crippen molar-refractivity contribution in [3.63, 3.8) is 0 Å². The number of anilines is 1. The Bertz CT molecular complexity index is 782. The van der Waals surface area contributed by atoms with Gasteiger partial charge in [0.15, 0.2) is 0 Å². The van der Waals surface area contributed by atoms with Crippen molar-refractivity contribution in [3.8, 4) is 0 Å². The van der Waals surface area contributed by atoms with Crippen LogP contribution in [-0.2, 0) is 13.0 Å². The zero-order valence-electron chi connectivity index (χ0n) is 14.3. The second-order valence-electron chi connectivity index (χ2n) is 7.76. The third-order valence-corrected chi connectivity index (χ3v) is 5.79. The number of nitrogens with one attached hydrogen (secondary N) is 1. The molecule has 2 aromatic rings. The Morgan fingerprint density at radius 3 is 2.68 bits per heavy atom. The van der Waals surface area contributed by atoms with Gasteiger partial charge < -0.3 is 14.8 Å². The van der Waals surface area contributed by atoms with E-state index in [0.717, 1.165) is 36.9 Å². The molecule has 3 heterocycles. The highest BCUT2D eigenvalue weighted by molar-refractivity contribution is 6.01. The molecule has 6 nitrogen and oxygen atoms in total. The molecule has 0 radical (unpaired) electrons. The van der Waals surface area contributed by atoms with Crippen LogP contribution in [0.4, 0.5) is 5.69 Å². The van der Waals surface area contributed by atoms with Crippen molar-refractivity contribution >= 4 is 11.6 Å². The van der Waals surface area contributed by atoms with Crippen LogP contribution in [0.15, 0.2) is 30.3 Å². The van der Waals surface area contributed by atoms with E-state index in [1.807, 2.05) is 34.9 Å². The summed E-state index contributed by atoms with van der Waals surface area (Å²) in [6, 6.07) is 9.52. The molecule has 0 spiro atoms. The molecular weight excluding hydrogens is 314 g/mol. The minimum atomic E-state index is -0.170. The van der Waals surface area contributed by atoms with E-state index in [-0.39, 0.29) is 5.91 Å². The first-order valence-corrected chi connectivity index (χ1v) is 9.27. The Labute approximate surface area is 147 Å². The summed E-state index contributed by atoms with van der Waals surface area (Å²) >= 11 is 0. The summed E-state index contributed by atoms with van der Waals surface area (Å²) in [7, 11) is 0. The molecule has 0 unspecified atom stereocenters. The first-order valence-electron chi connectivity index (χ1n) is 9.27. The molecule has 1 aliphatic carbocycles. The van der Waals surface area contributed by atoms with Crippen molar-refractivity contribution in [2.75, 3.05) is 25.0 Å². The van der Waals surface area contributed by atoms with Crippen LogP contribution in [-0.4, -0.2) is 45.2 Å². The largest absolute Gasteiger partial charge is 0.319 e. The van der Waals surface area contributed by atoms with E-state index in [4.69, 9.17) is 0 Å². The predicted octanol–water partition coefficient (Wildman–Crippen LogP) is 2.04. The number of aromatic nitrogens is 3. The van der Waals surface area contributed by atoms with Crippen LogP contribution in [0.1, 0.15) is 29.3 Å². The number of rotatable bonds is 4. The van der Waals surface area contributed by atoms with Crippen molar-refractivity contribution in [1.29, 1.82) is 0 Å². The standard InChI is InChI=1S/C19H23N5O/c25-19(20-16-4-2-1-3-5-16)18-22-21-17-8-14-10-23(9-13-6-7-13)11-15(14)12-24(17)18/h1-5,13-15H,6-12H2,(H,20,25)/t14-,15+/m1/s1. The van der Waals surface area contributed by atoms with E-state index >= 15 is 0 Å². The van der Waals surface area contributed by atoms with Crippen LogP contribution in [0.3, 0.4) is 0 Å². The van der Waals surface area contributed by atoms with Gasteiger partial charge in [-0.3, -0.25) is 4.79 Å². The lowest BCUT2D eigenvalue weighted by molar-refractivity contribution is 0.100. The number of carbonyl (C=O) groups excluding carboxylic acids is 1. The van der Waals surface area contributed by atoms with Gasteiger partial charge in [-0.25, -0.2) is 0 Å². The predicted molar refractivity (Wildman–Crippen MR) is 94.3 cm³/mol. The van der Waals surface area contributed by atoms with Gasteiger partial charge in [-0.05, 0) is 42.7 Å². The molecule has 130 valence electrons. The molecule has 2 fully saturated rings. The summed E-state index contributed by atoms with van der Waals surface area (Å²) in [6.45, 7) is 4.46. The lowest BCUT2D eigenvalue weighted by Crippen LogP contribution is -2.31. The molecule has 1 N–H and O–H groups in total. The third-order valence-electron chi connectivity index (χ3n) is 5.79. The van der Waals surface area contributed by atoms with E-state index in [1.54, 1.807) is 0 Å². The summed E-state index contributed by atoms with van der Waals surface area (Å²) in [4.78, 5) is 15.2. The first kappa shape index (κ1) is 15.1. The van der Waals surface area contributed by atoms with Crippen LogP contribution in [0.2, 0.25) is 0 Å². The zero-order valence-corrected chi connectivity index (χ0v) is 14.3. The van der Waals surface area contributed by atoms with Gasteiger partial charge in [0, 0.05) is 38.3 Å². The highest BCUT2D eigenvalue weighted by Crippen LogP contribution is 2.36. The highest BCUT2D eigenvalue weighted by Gasteiger charge is 2.40. The first-order chi connectivity index (χ1) is 12.3. The number of hydrogen-bond acceptors (Lipinski definition) is 4. The average Bonchev–Trinajstić information content (AvgIpc) is 3.19. The van der Waals surface area contributed by atoms with Gasteiger partial charge in [0.25, 0.3) is 5.91 Å². The lowest BCUT2D eigenvalue weighted by Gasteiger charge is -2.25. The van der Waals surface area contributed by atoms with E-state index in [9.17, 15) is 4.79 Å². The van der Waals surface area contributed by atoms with Gasteiger partial charge in [0.05, 0.1) is 0 Å². The molecule has 1 amide bonds. The second-order valence-corrected chi connectivity index (χ2v) is 7.76. The van der Waals surface area contributed by atoms with Gasteiger partial charge in [-0.15, -0.1) is 10.2 Å². The fourth-order valence-corrected chi connectivity index (χ4v) is 4.31. The summed E-state index contributed by atoms with van der Waals surface area (Å²) in [5, 5.41) is 11.4. The van der Waals surface area contributed by atoms with Gasteiger partial charge in [-0.2, -0.15) is 0 Å². The van der Waals surface area contributed by atoms with Crippen molar-refractivity contribution < 1.29 is 4.79 Å². The Kier molecular flexibility index (Phi) is 3.59. The van der Waals surface area contributed by atoms with Crippen LogP contribution in [0, 0.1) is 17.8 Å².